The summed E-state index contributed by atoms with van der Waals surface area (Å²) in [7, 11) is -3.87. The molecule has 0 radical (unpaired) electrons. The Morgan fingerprint density at radius 3 is 2.29 bits per heavy atom. The molecule has 4 fully saturated rings. The summed E-state index contributed by atoms with van der Waals surface area (Å²) in [6.45, 7) is 7.13. The van der Waals surface area contributed by atoms with Crippen LogP contribution in [0.1, 0.15) is 78.6 Å². The topological polar surface area (TPSA) is 115 Å². The van der Waals surface area contributed by atoms with Crippen LogP contribution in [0.3, 0.4) is 0 Å². The second-order valence-corrected chi connectivity index (χ2v) is 15.4. The first-order valence-corrected chi connectivity index (χ1v) is 16.2. The summed E-state index contributed by atoms with van der Waals surface area (Å²) in [5.74, 6) is 3.38. The van der Waals surface area contributed by atoms with E-state index in [0.29, 0.717) is 35.8 Å². The van der Waals surface area contributed by atoms with Gasteiger partial charge in [0.1, 0.15) is 0 Å². The van der Waals surface area contributed by atoms with Crippen LogP contribution in [0.4, 0.5) is 0 Å². The van der Waals surface area contributed by atoms with Gasteiger partial charge < -0.3 is 15.3 Å². The quantitative estimate of drug-likeness (QED) is 0.284. The molecule has 6 nitrogen and oxygen atoms in total. The Bertz CT molecular complexity index is 820. The first kappa shape index (κ1) is 27.2. The first-order valence-electron chi connectivity index (χ1n) is 13.5. The van der Waals surface area contributed by atoms with E-state index in [1.54, 1.807) is 11.8 Å². The summed E-state index contributed by atoms with van der Waals surface area (Å²) in [6, 6.07) is 0. The fraction of sp³-hybridized carbons (Fsp3) is 1.00. The highest BCUT2D eigenvalue weighted by Gasteiger charge is 2.65. The Labute approximate surface area is 210 Å². The van der Waals surface area contributed by atoms with Gasteiger partial charge in [-0.25, -0.2) is 0 Å². The van der Waals surface area contributed by atoms with Gasteiger partial charge in [-0.3, -0.25) is 4.55 Å². The first-order chi connectivity index (χ1) is 15.9. The van der Waals surface area contributed by atoms with Gasteiger partial charge in [0, 0.05) is 5.75 Å². The van der Waals surface area contributed by atoms with Crippen molar-refractivity contribution >= 4 is 21.9 Å². The largest absolute Gasteiger partial charge is 0.393 e. The highest BCUT2D eigenvalue weighted by atomic mass is 32.2. The summed E-state index contributed by atoms with van der Waals surface area (Å²) in [6.07, 6.45) is 7.36. The summed E-state index contributed by atoms with van der Waals surface area (Å²) >= 11 is 1.59. The molecule has 34 heavy (non-hydrogen) atoms. The zero-order valence-electron chi connectivity index (χ0n) is 21.1. The van der Waals surface area contributed by atoms with Crippen LogP contribution in [0, 0.1) is 46.3 Å². The van der Waals surface area contributed by atoms with Crippen molar-refractivity contribution in [1.29, 1.82) is 0 Å². The van der Waals surface area contributed by atoms with Gasteiger partial charge in [0.05, 0.1) is 24.1 Å². The molecule has 11 unspecified atom stereocenters. The van der Waals surface area contributed by atoms with Crippen LogP contribution >= 0.6 is 11.8 Å². The van der Waals surface area contributed by atoms with Crippen molar-refractivity contribution in [3.8, 4) is 0 Å². The molecule has 4 saturated carbocycles. The Balaban J connectivity index is 1.40. The average Bonchev–Trinajstić information content (AvgIpc) is 3.11. The maximum absolute atomic E-state index is 11.4. The molecule has 0 saturated heterocycles. The van der Waals surface area contributed by atoms with Crippen LogP contribution in [-0.4, -0.2) is 63.9 Å². The van der Waals surface area contributed by atoms with Crippen molar-refractivity contribution in [3.05, 3.63) is 0 Å². The average molecular weight is 519 g/mol. The van der Waals surface area contributed by atoms with E-state index in [9.17, 15) is 23.7 Å². The lowest BCUT2D eigenvalue weighted by atomic mass is 9.43. The van der Waals surface area contributed by atoms with Gasteiger partial charge in [-0.05, 0) is 110 Å². The molecule has 0 aliphatic heterocycles. The Morgan fingerprint density at radius 1 is 0.912 bits per heavy atom. The maximum Gasteiger partial charge on any atom is 0.265 e. The Hall–Kier alpha value is 0.140. The second kappa shape index (κ2) is 10.1. The third-order valence-corrected chi connectivity index (χ3v) is 13.0. The monoisotopic (exact) mass is 518 g/mol. The van der Waals surface area contributed by atoms with Gasteiger partial charge in [-0.15, -0.1) is 0 Å². The molecular formula is C26H46O6S2. The van der Waals surface area contributed by atoms with E-state index in [2.05, 4.69) is 20.8 Å². The summed E-state index contributed by atoms with van der Waals surface area (Å²) in [5.41, 5.74) is 0.198. The molecule has 0 spiro atoms. The van der Waals surface area contributed by atoms with Gasteiger partial charge in [-0.1, -0.05) is 20.8 Å². The highest BCUT2D eigenvalue weighted by molar-refractivity contribution is 8.00. The minimum Gasteiger partial charge on any atom is -0.393 e. The predicted molar refractivity (Wildman–Crippen MR) is 136 cm³/mol. The number of fused-ring (bicyclic) bond motifs is 5. The van der Waals surface area contributed by atoms with E-state index < -0.39 is 22.3 Å². The third kappa shape index (κ3) is 4.98. The Kier molecular flexibility index (Phi) is 8.10. The van der Waals surface area contributed by atoms with E-state index >= 15 is 0 Å². The molecule has 4 rings (SSSR count). The van der Waals surface area contributed by atoms with Gasteiger partial charge in [0.2, 0.25) is 0 Å². The van der Waals surface area contributed by atoms with Crippen molar-refractivity contribution in [3.63, 3.8) is 0 Å². The highest BCUT2D eigenvalue weighted by Crippen LogP contribution is 2.68. The summed E-state index contributed by atoms with van der Waals surface area (Å²) < 4.78 is 30.6. The maximum atomic E-state index is 11.4. The normalized spacial score (nSPS) is 47.5. The SMILES string of the molecule is CC(CCCSCCS(=O)(=O)O)C1CCC2C3C(O)C(O)C4CC(O)CCC4(C)C3CCC12C. The van der Waals surface area contributed by atoms with Crippen LogP contribution in [0.5, 0.6) is 0 Å². The van der Waals surface area contributed by atoms with Gasteiger partial charge >= 0.3 is 0 Å². The van der Waals surface area contributed by atoms with E-state index in [4.69, 9.17) is 4.55 Å². The molecule has 4 aliphatic carbocycles. The number of aliphatic hydroxyl groups excluding tert-OH is 3. The van der Waals surface area contributed by atoms with E-state index in [1.807, 2.05) is 0 Å². The summed E-state index contributed by atoms with van der Waals surface area (Å²) in [4.78, 5) is 0. The molecule has 0 bridgehead atoms. The molecule has 0 heterocycles. The molecule has 11 atom stereocenters. The van der Waals surface area contributed by atoms with Crippen molar-refractivity contribution < 1.29 is 28.3 Å². The standard InChI is InChI=1S/C26H46O6S2/c1-16(5-4-12-33-13-14-34(30,31)32)18-6-7-19-22-20(9-11-25(18,19)2)26(3)10-8-17(27)15-21(26)23(28)24(22)29/h16-24,27-29H,4-15H2,1-3H3,(H,30,31,32). The fourth-order valence-electron chi connectivity index (χ4n) is 9.19. The minimum atomic E-state index is -3.87. The van der Waals surface area contributed by atoms with Gasteiger partial charge in [0.25, 0.3) is 10.1 Å². The zero-order chi connectivity index (χ0) is 24.9. The number of rotatable bonds is 8. The third-order valence-electron chi connectivity index (χ3n) is 10.9. The van der Waals surface area contributed by atoms with E-state index in [1.165, 1.54) is 12.8 Å². The zero-order valence-corrected chi connectivity index (χ0v) is 22.7. The van der Waals surface area contributed by atoms with Crippen LogP contribution in [-0.2, 0) is 10.1 Å². The molecule has 8 heteroatoms. The molecule has 0 amide bonds. The van der Waals surface area contributed by atoms with Crippen molar-refractivity contribution in [2.75, 3.05) is 17.3 Å². The van der Waals surface area contributed by atoms with Crippen LogP contribution in [0.2, 0.25) is 0 Å². The van der Waals surface area contributed by atoms with Gasteiger partial charge in [-0.2, -0.15) is 20.2 Å². The predicted octanol–water partition coefficient (Wildman–Crippen LogP) is 3.99. The molecular weight excluding hydrogens is 472 g/mol. The molecule has 0 aromatic rings. The van der Waals surface area contributed by atoms with Crippen molar-refractivity contribution in [2.24, 2.45) is 46.3 Å². The fourth-order valence-corrected chi connectivity index (χ4v) is 11.1. The lowest BCUT2D eigenvalue weighted by molar-refractivity contribution is -0.223. The number of aliphatic hydroxyl groups is 3. The lowest BCUT2D eigenvalue weighted by Gasteiger charge is -2.63. The summed E-state index contributed by atoms with van der Waals surface area (Å²) in [5, 5.41) is 32.9. The smallest absolute Gasteiger partial charge is 0.265 e. The minimum absolute atomic E-state index is 0.00679. The van der Waals surface area contributed by atoms with Crippen LogP contribution in [0.15, 0.2) is 0 Å². The lowest BCUT2D eigenvalue weighted by Crippen LogP contribution is -2.64. The van der Waals surface area contributed by atoms with Crippen LogP contribution < -0.4 is 0 Å². The molecule has 4 N–H and O–H groups in total. The van der Waals surface area contributed by atoms with E-state index in [0.717, 1.165) is 44.3 Å². The second-order valence-electron chi connectivity index (χ2n) is 12.6. The van der Waals surface area contributed by atoms with Crippen molar-refractivity contribution in [2.45, 2.75) is 96.9 Å². The van der Waals surface area contributed by atoms with E-state index in [-0.39, 0.29) is 34.5 Å². The molecule has 0 aromatic heterocycles. The number of hydrogen-bond acceptors (Lipinski definition) is 6. The molecule has 0 aromatic carbocycles. The number of thioether (sulfide) groups is 1. The molecule has 198 valence electrons. The van der Waals surface area contributed by atoms with Crippen molar-refractivity contribution in [1.82, 2.24) is 0 Å². The Morgan fingerprint density at radius 2 is 1.59 bits per heavy atom. The van der Waals surface area contributed by atoms with Gasteiger partial charge in [0.15, 0.2) is 0 Å². The van der Waals surface area contributed by atoms with Crippen LogP contribution in [0.25, 0.3) is 0 Å². The molecule has 4 aliphatic rings. The number of hydrogen-bond donors (Lipinski definition) is 4.